The highest BCUT2D eigenvalue weighted by Crippen LogP contribution is 2.25. The summed E-state index contributed by atoms with van der Waals surface area (Å²) in [6.45, 7) is 6.41. The molecular weight excluding hydrogens is 228 g/mol. The highest BCUT2D eigenvalue weighted by Gasteiger charge is 2.36. The lowest BCUT2D eigenvalue weighted by Crippen LogP contribution is -2.58. The van der Waals surface area contributed by atoms with E-state index in [4.69, 9.17) is 10.5 Å². The molecule has 1 aromatic rings. The zero-order valence-electron chi connectivity index (χ0n) is 12.2. The standard InChI is InChI=1S/C13H26N4O/c1-11(2)13(9-14,10-18-5)16(3)7-12-6-15-17(4)8-12/h6,8,11H,7,9-10,14H2,1-5H3. The maximum Gasteiger partial charge on any atom is 0.0661 e. The first-order valence-corrected chi connectivity index (χ1v) is 6.34. The van der Waals surface area contributed by atoms with Crippen molar-refractivity contribution in [3.8, 4) is 0 Å². The molecule has 104 valence electrons. The van der Waals surface area contributed by atoms with Gasteiger partial charge >= 0.3 is 0 Å². The fourth-order valence-corrected chi connectivity index (χ4v) is 2.40. The molecule has 0 spiro atoms. The number of aryl methyl sites for hydroxylation is 1. The maximum absolute atomic E-state index is 6.01. The molecule has 0 amide bonds. The Bertz CT molecular complexity index is 364. The highest BCUT2D eigenvalue weighted by molar-refractivity contribution is 5.05. The second-order valence-corrected chi connectivity index (χ2v) is 5.27. The molecule has 0 saturated heterocycles. The van der Waals surface area contributed by atoms with Crippen LogP contribution in [0, 0.1) is 5.92 Å². The fourth-order valence-electron chi connectivity index (χ4n) is 2.40. The molecule has 1 atom stereocenters. The first-order chi connectivity index (χ1) is 8.46. The number of likely N-dealkylation sites (N-methyl/N-ethyl adjacent to an activating group) is 1. The van der Waals surface area contributed by atoms with Crippen LogP contribution in [0.25, 0.3) is 0 Å². The molecule has 0 aliphatic heterocycles. The Labute approximate surface area is 110 Å². The van der Waals surface area contributed by atoms with E-state index in [1.807, 2.05) is 24.1 Å². The van der Waals surface area contributed by atoms with Gasteiger partial charge in [-0.05, 0) is 13.0 Å². The average Bonchev–Trinajstić information content (AvgIpc) is 2.71. The second-order valence-electron chi connectivity index (χ2n) is 5.27. The number of rotatable bonds is 7. The molecule has 0 bridgehead atoms. The fraction of sp³-hybridized carbons (Fsp3) is 0.769. The summed E-state index contributed by atoms with van der Waals surface area (Å²) in [4.78, 5) is 2.28. The summed E-state index contributed by atoms with van der Waals surface area (Å²) in [7, 11) is 5.75. The van der Waals surface area contributed by atoms with E-state index >= 15 is 0 Å². The smallest absolute Gasteiger partial charge is 0.0661 e. The van der Waals surface area contributed by atoms with Crippen molar-refractivity contribution >= 4 is 0 Å². The largest absolute Gasteiger partial charge is 0.383 e. The summed E-state index contributed by atoms with van der Waals surface area (Å²) in [5.41, 5.74) is 7.07. The van der Waals surface area contributed by atoms with Gasteiger partial charge in [-0.15, -0.1) is 0 Å². The van der Waals surface area contributed by atoms with Gasteiger partial charge in [0.05, 0.1) is 18.3 Å². The van der Waals surface area contributed by atoms with Crippen LogP contribution in [0.4, 0.5) is 0 Å². The molecule has 0 radical (unpaired) electrons. The zero-order valence-corrected chi connectivity index (χ0v) is 12.2. The first-order valence-electron chi connectivity index (χ1n) is 6.34. The molecule has 1 heterocycles. The summed E-state index contributed by atoms with van der Waals surface area (Å²) >= 11 is 0. The molecule has 0 aliphatic rings. The lowest BCUT2D eigenvalue weighted by molar-refractivity contribution is -0.00556. The molecule has 1 rings (SSSR count). The normalized spacial score (nSPS) is 15.3. The van der Waals surface area contributed by atoms with Gasteiger partial charge in [0.1, 0.15) is 0 Å². The Morgan fingerprint density at radius 1 is 1.56 bits per heavy atom. The number of methoxy groups -OCH3 is 1. The Hall–Kier alpha value is -0.910. The lowest BCUT2D eigenvalue weighted by Gasteiger charge is -2.44. The Morgan fingerprint density at radius 3 is 2.61 bits per heavy atom. The van der Waals surface area contributed by atoms with Gasteiger partial charge in [0, 0.05) is 39.0 Å². The number of nitrogens with two attached hydrogens (primary N) is 1. The van der Waals surface area contributed by atoms with Crippen LogP contribution >= 0.6 is 0 Å². The average molecular weight is 254 g/mol. The van der Waals surface area contributed by atoms with Gasteiger partial charge in [-0.3, -0.25) is 9.58 Å². The molecule has 0 aliphatic carbocycles. The molecule has 0 aromatic carbocycles. The minimum absolute atomic E-state index is 0.134. The Kier molecular flexibility index (Phi) is 5.31. The van der Waals surface area contributed by atoms with E-state index in [2.05, 4.69) is 30.9 Å². The van der Waals surface area contributed by atoms with E-state index in [1.165, 1.54) is 5.56 Å². The van der Waals surface area contributed by atoms with Crippen LogP contribution in [0.3, 0.4) is 0 Å². The van der Waals surface area contributed by atoms with Crippen molar-refractivity contribution < 1.29 is 4.74 Å². The van der Waals surface area contributed by atoms with Gasteiger partial charge in [0.25, 0.3) is 0 Å². The molecule has 18 heavy (non-hydrogen) atoms. The topological polar surface area (TPSA) is 56.3 Å². The number of ether oxygens (including phenoxy) is 1. The summed E-state index contributed by atoms with van der Waals surface area (Å²) in [5.74, 6) is 0.420. The third kappa shape index (κ3) is 3.10. The first kappa shape index (κ1) is 15.1. The molecule has 0 saturated carbocycles. The van der Waals surface area contributed by atoms with Crippen LogP contribution in [0.2, 0.25) is 0 Å². The van der Waals surface area contributed by atoms with Gasteiger partial charge in [0.15, 0.2) is 0 Å². The predicted molar refractivity (Wildman–Crippen MR) is 73.2 cm³/mol. The van der Waals surface area contributed by atoms with Gasteiger partial charge in [-0.25, -0.2) is 0 Å². The molecule has 1 unspecified atom stereocenters. The van der Waals surface area contributed by atoms with Crippen LogP contribution in [-0.4, -0.2) is 47.5 Å². The maximum atomic E-state index is 6.01. The van der Waals surface area contributed by atoms with Crippen molar-refractivity contribution in [3.63, 3.8) is 0 Å². The summed E-state index contributed by atoms with van der Waals surface area (Å²) in [6, 6.07) is 0. The van der Waals surface area contributed by atoms with Gasteiger partial charge < -0.3 is 10.5 Å². The van der Waals surface area contributed by atoms with Crippen molar-refractivity contribution in [3.05, 3.63) is 18.0 Å². The highest BCUT2D eigenvalue weighted by atomic mass is 16.5. The van der Waals surface area contributed by atoms with E-state index in [9.17, 15) is 0 Å². The third-order valence-corrected chi connectivity index (χ3v) is 3.76. The van der Waals surface area contributed by atoms with E-state index in [0.717, 1.165) is 6.54 Å². The van der Waals surface area contributed by atoms with E-state index in [-0.39, 0.29) is 5.54 Å². The molecule has 5 nitrogen and oxygen atoms in total. The van der Waals surface area contributed by atoms with Gasteiger partial charge in [-0.2, -0.15) is 5.10 Å². The number of nitrogens with zero attached hydrogens (tertiary/aromatic N) is 3. The van der Waals surface area contributed by atoms with Crippen LogP contribution in [0.5, 0.6) is 0 Å². The predicted octanol–water partition coefficient (Wildman–Crippen LogP) is 0.852. The monoisotopic (exact) mass is 254 g/mol. The Morgan fingerprint density at radius 2 is 2.22 bits per heavy atom. The van der Waals surface area contributed by atoms with Crippen LogP contribution in [0.1, 0.15) is 19.4 Å². The minimum Gasteiger partial charge on any atom is -0.383 e. The summed E-state index contributed by atoms with van der Waals surface area (Å²) in [5, 5.41) is 4.20. The van der Waals surface area contributed by atoms with Crippen LogP contribution in [0.15, 0.2) is 12.4 Å². The van der Waals surface area contributed by atoms with Crippen LogP contribution < -0.4 is 5.73 Å². The SMILES string of the molecule is COCC(CN)(C(C)C)N(C)Cc1cnn(C)c1. The third-order valence-electron chi connectivity index (χ3n) is 3.76. The van der Waals surface area contributed by atoms with E-state index < -0.39 is 0 Å². The molecule has 2 N–H and O–H groups in total. The summed E-state index contributed by atoms with van der Waals surface area (Å²) in [6.07, 6.45) is 3.93. The molecular formula is C13H26N4O. The van der Waals surface area contributed by atoms with Crippen molar-refractivity contribution in [2.24, 2.45) is 18.7 Å². The lowest BCUT2D eigenvalue weighted by atomic mass is 9.85. The number of hydrogen-bond acceptors (Lipinski definition) is 4. The van der Waals surface area contributed by atoms with E-state index in [0.29, 0.717) is 19.1 Å². The minimum atomic E-state index is -0.134. The molecule has 1 aromatic heterocycles. The zero-order chi connectivity index (χ0) is 13.8. The molecule has 5 heteroatoms. The van der Waals surface area contributed by atoms with Gasteiger partial charge in [-0.1, -0.05) is 13.8 Å². The van der Waals surface area contributed by atoms with Gasteiger partial charge in [0.2, 0.25) is 0 Å². The Balaban J connectivity index is 2.84. The van der Waals surface area contributed by atoms with Crippen molar-refractivity contribution in [1.29, 1.82) is 0 Å². The number of aromatic nitrogens is 2. The van der Waals surface area contributed by atoms with Crippen molar-refractivity contribution in [2.45, 2.75) is 25.9 Å². The molecule has 0 fully saturated rings. The van der Waals surface area contributed by atoms with E-state index in [1.54, 1.807) is 7.11 Å². The quantitative estimate of drug-likeness (QED) is 0.784. The van der Waals surface area contributed by atoms with Crippen molar-refractivity contribution in [1.82, 2.24) is 14.7 Å². The number of hydrogen-bond donors (Lipinski definition) is 1. The second kappa shape index (κ2) is 6.31. The van der Waals surface area contributed by atoms with Crippen molar-refractivity contribution in [2.75, 3.05) is 27.3 Å². The summed E-state index contributed by atoms with van der Waals surface area (Å²) < 4.78 is 7.20. The van der Waals surface area contributed by atoms with Crippen LogP contribution in [-0.2, 0) is 18.3 Å².